The highest BCUT2D eigenvalue weighted by molar-refractivity contribution is 7.20. The molecule has 0 fully saturated rings. The predicted octanol–water partition coefficient (Wildman–Crippen LogP) is 5.28. The van der Waals surface area contributed by atoms with Gasteiger partial charge in [-0.1, -0.05) is 23.2 Å². The Kier molecular flexibility index (Phi) is 4.14. The van der Waals surface area contributed by atoms with Crippen molar-refractivity contribution in [1.29, 1.82) is 0 Å². The lowest BCUT2D eigenvalue weighted by Crippen LogP contribution is -2.05. The molecular formula is C14H11Cl2N3OS. The third kappa shape index (κ3) is 3.20. The molecule has 2 heterocycles. The average molecular weight is 340 g/mol. The van der Waals surface area contributed by atoms with Crippen molar-refractivity contribution in [1.82, 2.24) is 10.2 Å². The molecule has 3 aromatic rings. The first kappa shape index (κ1) is 14.4. The smallest absolute Gasteiger partial charge is 0.247 e. The molecule has 2 aromatic heterocycles. The van der Waals surface area contributed by atoms with Gasteiger partial charge < -0.3 is 9.73 Å². The van der Waals surface area contributed by atoms with Gasteiger partial charge in [0, 0.05) is 16.8 Å². The number of nitrogens with zero attached hydrogens (tertiary/aromatic N) is 2. The van der Waals surface area contributed by atoms with Crippen molar-refractivity contribution < 1.29 is 4.42 Å². The van der Waals surface area contributed by atoms with Crippen LogP contribution in [-0.2, 0) is 0 Å². The highest BCUT2D eigenvalue weighted by Gasteiger charge is 2.13. The summed E-state index contributed by atoms with van der Waals surface area (Å²) in [4.78, 5) is 0. The Labute approximate surface area is 135 Å². The number of hydrogen-bond donors (Lipinski definition) is 1. The maximum Gasteiger partial charge on any atom is 0.247 e. The van der Waals surface area contributed by atoms with Crippen LogP contribution in [0.2, 0.25) is 8.67 Å². The summed E-state index contributed by atoms with van der Waals surface area (Å²) in [7, 11) is 0. The molecule has 0 radical (unpaired) electrons. The molecular weight excluding hydrogens is 329 g/mol. The molecule has 0 bridgehead atoms. The molecule has 1 unspecified atom stereocenters. The van der Waals surface area contributed by atoms with Crippen LogP contribution in [0, 0.1) is 0 Å². The second-order valence-corrected chi connectivity index (χ2v) is 6.75. The van der Waals surface area contributed by atoms with E-state index >= 15 is 0 Å². The molecule has 0 amide bonds. The molecule has 108 valence electrons. The van der Waals surface area contributed by atoms with Crippen molar-refractivity contribution in [2.45, 2.75) is 13.0 Å². The van der Waals surface area contributed by atoms with Gasteiger partial charge in [-0.2, -0.15) is 0 Å². The Morgan fingerprint density at radius 2 is 2.00 bits per heavy atom. The highest BCUT2D eigenvalue weighted by atomic mass is 35.5. The zero-order valence-corrected chi connectivity index (χ0v) is 13.3. The first-order chi connectivity index (χ1) is 10.1. The van der Waals surface area contributed by atoms with E-state index in [1.165, 1.54) is 17.7 Å². The first-order valence-electron chi connectivity index (χ1n) is 6.21. The quantitative estimate of drug-likeness (QED) is 0.702. The predicted molar refractivity (Wildman–Crippen MR) is 86.1 cm³/mol. The largest absolute Gasteiger partial charge is 0.423 e. The van der Waals surface area contributed by atoms with Crippen LogP contribution < -0.4 is 5.32 Å². The topological polar surface area (TPSA) is 51.0 Å². The number of nitrogens with one attached hydrogen (secondary N) is 1. The van der Waals surface area contributed by atoms with Gasteiger partial charge in [0.15, 0.2) is 0 Å². The number of benzene rings is 1. The van der Waals surface area contributed by atoms with Crippen molar-refractivity contribution in [3.63, 3.8) is 0 Å². The van der Waals surface area contributed by atoms with E-state index in [1.54, 1.807) is 0 Å². The van der Waals surface area contributed by atoms with Crippen LogP contribution in [0.5, 0.6) is 0 Å². The molecule has 0 aliphatic carbocycles. The van der Waals surface area contributed by atoms with Crippen LogP contribution in [0.1, 0.15) is 18.5 Å². The summed E-state index contributed by atoms with van der Waals surface area (Å²) in [5, 5.41) is 10.9. The van der Waals surface area contributed by atoms with Crippen LogP contribution in [0.25, 0.3) is 11.5 Å². The summed E-state index contributed by atoms with van der Waals surface area (Å²) in [6.45, 7) is 2.04. The Bertz CT molecular complexity index is 725. The molecule has 0 spiro atoms. The minimum absolute atomic E-state index is 0.0653. The molecule has 1 atom stereocenters. The monoisotopic (exact) mass is 339 g/mol. The van der Waals surface area contributed by atoms with E-state index in [2.05, 4.69) is 15.5 Å². The van der Waals surface area contributed by atoms with E-state index in [-0.39, 0.29) is 6.04 Å². The summed E-state index contributed by atoms with van der Waals surface area (Å²) < 4.78 is 6.56. The van der Waals surface area contributed by atoms with Gasteiger partial charge in [-0.25, -0.2) is 0 Å². The lowest BCUT2D eigenvalue weighted by molar-refractivity contribution is 0.568. The second-order valence-electron chi connectivity index (χ2n) is 4.47. The van der Waals surface area contributed by atoms with Gasteiger partial charge in [0.1, 0.15) is 0 Å². The number of aromatic nitrogens is 2. The Morgan fingerprint density at radius 1 is 1.24 bits per heavy atom. The van der Waals surface area contributed by atoms with Crippen LogP contribution in [-0.4, -0.2) is 10.2 Å². The molecule has 7 heteroatoms. The van der Waals surface area contributed by atoms with Gasteiger partial charge >= 0.3 is 0 Å². The normalized spacial score (nSPS) is 12.3. The fourth-order valence-electron chi connectivity index (χ4n) is 1.98. The molecule has 0 saturated carbocycles. The van der Waals surface area contributed by atoms with Gasteiger partial charge in [-0.15, -0.1) is 21.5 Å². The summed E-state index contributed by atoms with van der Waals surface area (Å²) in [6, 6.07) is 9.71. The van der Waals surface area contributed by atoms with Gasteiger partial charge in [0.2, 0.25) is 12.3 Å². The minimum Gasteiger partial charge on any atom is -0.423 e. The van der Waals surface area contributed by atoms with E-state index in [0.29, 0.717) is 14.6 Å². The van der Waals surface area contributed by atoms with Crippen LogP contribution in [0.4, 0.5) is 5.69 Å². The Morgan fingerprint density at radius 3 is 2.57 bits per heavy atom. The van der Waals surface area contributed by atoms with Crippen molar-refractivity contribution >= 4 is 40.2 Å². The average Bonchev–Trinajstić information content (AvgIpc) is 3.09. The number of thiophene rings is 1. The van der Waals surface area contributed by atoms with E-state index in [9.17, 15) is 0 Å². The lowest BCUT2D eigenvalue weighted by Gasteiger charge is -2.14. The van der Waals surface area contributed by atoms with E-state index < -0.39 is 0 Å². The van der Waals surface area contributed by atoms with Gasteiger partial charge in [-0.3, -0.25) is 0 Å². The number of anilines is 1. The van der Waals surface area contributed by atoms with Crippen molar-refractivity contribution in [2.75, 3.05) is 5.32 Å². The van der Waals surface area contributed by atoms with E-state index in [0.717, 1.165) is 16.8 Å². The molecule has 1 N–H and O–H groups in total. The first-order valence-corrected chi connectivity index (χ1v) is 7.78. The van der Waals surface area contributed by atoms with Gasteiger partial charge in [-0.05, 0) is 37.3 Å². The summed E-state index contributed by atoms with van der Waals surface area (Å²) in [5.41, 5.74) is 2.85. The molecule has 4 nitrogen and oxygen atoms in total. The maximum atomic E-state index is 6.17. The molecule has 0 aliphatic heterocycles. The van der Waals surface area contributed by atoms with Crippen molar-refractivity contribution in [3.05, 3.63) is 51.0 Å². The SMILES string of the molecule is CC(Nc1ccc(-c2nnco2)cc1)c1cc(Cl)sc1Cl. The standard InChI is InChI=1S/C14H11Cl2N3OS/c1-8(11-6-12(15)21-13(11)16)18-10-4-2-9(3-5-10)14-19-17-7-20-14/h2-8,18H,1H3. The fraction of sp³-hybridized carbons (Fsp3) is 0.143. The van der Waals surface area contributed by atoms with E-state index in [1.807, 2.05) is 37.3 Å². The third-order valence-electron chi connectivity index (χ3n) is 3.02. The van der Waals surface area contributed by atoms with Crippen LogP contribution in [0.3, 0.4) is 0 Å². The van der Waals surface area contributed by atoms with Crippen molar-refractivity contribution in [2.24, 2.45) is 0 Å². The van der Waals surface area contributed by atoms with Gasteiger partial charge in [0.25, 0.3) is 0 Å². The number of halogens is 2. The van der Waals surface area contributed by atoms with Crippen LogP contribution >= 0.6 is 34.5 Å². The summed E-state index contributed by atoms with van der Waals surface area (Å²) in [6.07, 6.45) is 1.31. The summed E-state index contributed by atoms with van der Waals surface area (Å²) in [5.74, 6) is 0.502. The highest BCUT2D eigenvalue weighted by Crippen LogP contribution is 2.36. The zero-order valence-electron chi connectivity index (χ0n) is 11.0. The molecule has 1 aromatic carbocycles. The Hall–Kier alpha value is -1.56. The lowest BCUT2D eigenvalue weighted by atomic mass is 10.1. The Balaban J connectivity index is 1.74. The molecule has 0 saturated heterocycles. The fourth-order valence-corrected chi connectivity index (χ4v) is 3.63. The number of hydrogen-bond acceptors (Lipinski definition) is 5. The summed E-state index contributed by atoms with van der Waals surface area (Å²) >= 11 is 13.5. The van der Waals surface area contributed by atoms with E-state index in [4.69, 9.17) is 27.6 Å². The minimum atomic E-state index is 0.0653. The molecule has 0 aliphatic rings. The maximum absolute atomic E-state index is 6.17. The van der Waals surface area contributed by atoms with Crippen LogP contribution in [0.15, 0.2) is 41.1 Å². The zero-order chi connectivity index (χ0) is 14.8. The number of rotatable bonds is 4. The van der Waals surface area contributed by atoms with Crippen molar-refractivity contribution in [3.8, 4) is 11.5 Å². The molecule has 3 rings (SSSR count). The van der Waals surface area contributed by atoms with Gasteiger partial charge in [0.05, 0.1) is 14.7 Å². The third-order valence-corrected chi connectivity index (χ3v) is 4.54. The second kappa shape index (κ2) is 6.05. The molecule has 21 heavy (non-hydrogen) atoms.